The van der Waals surface area contributed by atoms with Crippen molar-refractivity contribution >= 4 is 17.0 Å². The van der Waals surface area contributed by atoms with E-state index in [2.05, 4.69) is 47.2 Å². The lowest BCUT2D eigenvalue weighted by Gasteiger charge is -2.32. The lowest BCUT2D eigenvalue weighted by Crippen LogP contribution is -2.41. The zero-order chi connectivity index (χ0) is 13.9. The maximum absolute atomic E-state index is 4.75. The number of hydrogen-bond acceptors (Lipinski definition) is 3. The van der Waals surface area contributed by atoms with Crippen LogP contribution >= 0.6 is 0 Å². The summed E-state index contributed by atoms with van der Waals surface area (Å²) < 4.78 is 0. The normalized spacial score (nSPS) is 19.6. The molecule has 0 spiro atoms. The van der Waals surface area contributed by atoms with E-state index in [1.54, 1.807) is 0 Å². The number of nitrogens with zero attached hydrogens (tertiary/aromatic N) is 2. The number of para-hydroxylation sites is 2. The smallest absolute Gasteiger partial charge is 0.204 e. The van der Waals surface area contributed by atoms with E-state index in [4.69, 9.17) is 4.98 Å². The number of aromatic nitrogens is 2. The number of H-pyrrole nitrogens is 1. The SMILES string of the molecule is CC(C)N(CC1CCCNC1)c1nc2ccccc2[nH]1. The van der Waals surface area contributed by atoms with Crippen LogP contribution in [0.3, 0.4) is 0 Å². The van der Waals surface area contributed by atoms with Crippen LogP contribution in [0, 0.1) is 5.92 Å². The lowest BCUT2D eigenvalue weighted by molar-refractivity contribution is 0.369. The first-order chi connectivity index (χ1) is 9.74. The Hall–Kier alpha value is -1.55. The third-order valence-electron chi connectivity index (χ3n) is 4.13. The molecular formula is C16H24N4. The second-order valence-electron chi connectivity index (χ2n) is 6.04. The van der Waals surface area contributed by atoms with Crippen LogP contribution in [0.1, 0.15) is 26.7 Å². The van der Waals surface area contributed by atoms with Gasteiger partial charge in [0.15, 0.2) is 0 Å². The monoisotopic (exact) mass is 272 g/mol. The molecule has 1 unspecified atom stereocenters. The minimum atomic E-state index is 0.456. The Morgan fingerprint density at radius 3 is 2.90 bits per heavy atom. The summed E-state index contributed by atoms with van der Waals surface area (Å²) in [5.74, 6) is 1.73. The standard InChI is InChI=1S/C16H24N4/c1-12(2)20(11-13-6-5-9-17-10-13)16-18-14-7-3-4-8-15(14)19-16/h3-4,7-8,12-13,17H,5-6,9-11H2,1-2H3,(H,18,19). The van der Waals surface area contributed by atoms with Gasteiger partial charge in [-0.1, -0.05) is 12.1 Å². The number of anilines is 1. The first kappa shape index (κ1) is 13.4. The van der Waals surface area contributed by atoms with Crippen molar-refractivity contribution in [1.29, 1.82) is 0 Å². The van der Waals surface area contributed by atoms with E-state index < -0.39 is 0 Å². The molecule has 1 aromatic carbocycles. The number of rotatable bonds is 4. The summed E-state index contributed by atoms with van der Waals surface area (Å²) in [4.78, 5) is 10.6. The summed E-state index contributed by atoms with van der Waals surface area (Å²) in [7, 11) is 0. The Balaban J connectivity index is 1.81. The Kier molecular flexibility index (Phi) is 3.92. The molecule has 0 bridgehead atoms. The predicted molar refractivity (Wildman–Crippen MR) is 84.2 cm³/mol. The van der Waals surface area contributed by atoms with Gasteiger partial charge in [-0.3, -0.25) is 0 Å². The number of fused-ring (bicyclic) bond motifs is 1. The number of nitrogens with one attached hydrogen (secondary N) is 2. The Morgan fingerprint density at radius 1 is 1.35 bits per heavy atom. The van der Waals surface area contributed by atoms with Crippen LogP contribution in [-0.4, -0.2) is 35.6 Å². The zero-order valence-corrected chi connectivity index (χ0v) is 12.4. The minimum absolute atomic E-state index is 0.456. The van der Waals surface area contributed by atoms with Gasteiger partial charge in [-0.15, -0.1) is 0 Å². The van der Waals surface area contributed by atoms with Crippen molar-refractivity contribution in [1.82, 2.24) is 15.3 Å². The van der Waals surface area contributed by atoms with Gasteiger partial charge in [-0.2, -0.15) is 0 Å². The molecule has 0 radical (unpaired) electrons. The zero-order valence-electron chi connectivity index (χ0n) is 12.4. The minimum Gasteiger partial charge on any atom is -0.340 e. The second kappa shape index (κ2) is 5.83. The summed E-state index contributed by atoms with van der Waals surface area (Å²) >= 11 is 0. The summed E-state index contributed by atoms with van der Waals surface area (Å²) in [6, 6.07) is 8.70. The number of benzene rings is 1. The van der Waals surface area contributed by atoms with Gasteiger partial charge in [0, 0.05) is 12.6 Å². The molecule has 20 heavy (non-hydrogen) atoms. The largest absolute Gasteiger partial charge is 0.340 e. The molecular weight excluding hydrogens is 248 g/mol. The van der Waals surface area contributed by atoms with E-state index in [9.17, 15) is 0 Å². The van der Waals surface area contributed by atoms with Crippen molar-refractivity contribution in [2.45, 2.75) is 32.7 Å². The van der Waals surface area contributed by atoms with E-state index in [0.717, 1.165) is 36.0 Å². The molecule has 0 saturated carbocycles. The van der Waals surface area contributed by atoms with Gasteiger partial charge in [-0.25, -0.2) is 4.98 Å². The van der Waals surface area contributed by atoms with Crippen molar-refractivity contribution in [2.24, 2.45) is 5.92 Å². The van der Waals surface area contributed by atoms with E-state index in [1.807, 2.05) is 6.07 Å². The van der Waals surface area contributed by atoms with Gasteiger partial charge >= 0.3 is 0 Å². The lowest BCUT2D eigenvalue weighted by atomic mass is 9.99. The third-order valence-corrected chi connectivity index (χ3v) is 4.13. The molecule has 1 saturated heterocycles. The molecule has 1 aliphatic heterocycles. The fourth-order valence-corrected chi connectivity index (χ4v) is 2.98. The van der Waals surface area contributed by atoms with Gasteiger partial charge in [-0.05, 0) is 57.8 Å². The van der Waals surface area contributed by atoms with Crippen LogP contribution in [0.5, 0.6) is 0 Å². The summed E-state index contributed by atoms with van der Waals surface area (Å²) in [5, 5.41) is 3.50. The van der Waals surface area contributed by atoms with Gasteiger partial charge in [0.25, 0.3) is 0 Å². The van der Waals surface area contributed by atoms with Gasteiger partial charge in [0.05, 0.1) is 11.0 Å². The Morgan fingerprint density at radius 2 is 2.20 bits per heavy atom. The van der Waals surface area contributed by atoms with Crippen LogP contribution in [-0.2, 0) is 0 Å². The Labute approximate surface area is 120 Å². The molecule has 1 aliphatic rings. The fraction of sp³-hybridized carbons (Fsp3) is 0.562. The molecule has 2 aromatic rings. The van der Waals surface area contributed by atoms with Crippen molar-refractivity contribution in [3.8, 4) is 0 Å². The van der Waals surface area contributed by atoms with Crippen LogP contribution in [0.4, 0.5) is 5.95 Å². The highest BCUT2D eigenvalue weighted by molar-refractivity contribution is 5.77. The molecule has 2 heterocycles. The molecule has 1 atom stereocenters. The quantitative estimate of drug-likeness (QED) is 0.899. The first-order valence-corrected chi connectivity index (χ1v) is 7.66. The fourth-order valence-electron chi connectivity index (χ4n) is 2.98. The van der Waals surface area contributed by atoms with Crippen LogP contribution in [0.2, 0.25) is 0 Å². The van der Waals surface area contributed by atoms with E-state index in [-0.39, 0.29) is 0 Å². The first-order valence-electron chi connectivity index (χ1n) is 7.66. The molecule has 4 nitrogen and oxygen atoms in total. The van der Waals surface area contributed by atoms with E-state index >= 15 is 0 Å². The van der Waals surface area contributed by atoms with Crippen LogP contribution < -0.4 is 10.2 Å². The maximum Gasteiger partial charge on any atom is 0.204 e. The van der Waals surface area contributed by atoms with Gasteiger partial charge < -0.3 is 15.2 Å². The molecule has 1 fully saturated rings. The van der Waals surface area contributed by atoms with Crippen molar-refractivity contribution in [3.63, 3.8) is 0 Å². The van der Waals surface area contributed by atoms with Crippen LogP contribution in [0.25, 0.3) is 11.0 Å². The highest BCUT2D eigenvalue weighted by atomic mass is 15.3. The highest BCUT2D eigenvalue weighted by Gasteiger charge is 2.21. The van der Waals surface area contributed by atoms with Gasteiger partial charge in [0.1, 0.15) is 0 Å². The van der Waals surface area contributed by atoms with Gasteiger partial charge in [0.2, 0.25) is 5.95 Å². The molecule has 2 N–H and O–H groups in total. The molecule has 1 aromatic heterocycles. The summed E-state index contributed by atoms with van der Waals surface area (Å²) in [6.07, 6.45) is 2.60. The molecule has 4 heteroatoms. The topological polar surface area (TPSA) is 44.0 Å². The molecule has 108 valence electrons. The third kappa shape index (κ3) is 2.80. The van der Waals surface area contributed by atoms with Crippen molar-refractivity contribution in [2.75, 3.05) is 24.5 Å². The number of imidazole rings is 1. The number of hydrogen-bond donors (Lipinski definition) is 2. The van der Waals surface area contributed by atoms with Crippen LogP contribution in [0.15, 0.2) is 24.3 Å². The highest BCUT2D eigenvalue weighted by Crippen LogP contribution is 2.21. The molecule has 3 rings (SSSR count). The summed E-state index contributed by atoms with van der Waals surface area (Å²) in [6.45, 7) is 7.85. The molecule has 0 aliphatic carbocycles. The average molecular weight is 272 g/mol. The number of piperidine rings is 1. The van der Waals surface area contributed by atoms with Crippen molar-refractivity contribution in [3.05, 3.63) is 24.3 Å². The van der Waals surface area contributed by atoms with Crippen molar-refractivity contribution < 1.29 is 0 Å². The maximum atomic E-state index is 4.75. The predicted octanol–water partition coefficient (Wildman–Crippen LogP) is 2.78. The van der Waals surface area contributed by atoms with E-state index in [1.165, 1.54) is 19.4 Å². The Bertz CT molecular complexity index is 521. The average Bonchev–Trinajstić information content (AvgIpc) is 2.89. The van der Waals surface area contributed by atoms with E-state index in [0.29, 0.717) is 6.04 Å². The molecule has 0 amide bonds. The summed E-state index contributed by atoms with van der Waals surface area (Å²) in [5.41, 5.74) is 2.17. The number of aromatic amines is 1. The second-order valence-corrected chi connectivity index (χ2v) is 6.04.